The van der Waals surface area contributed by atoms with E-state index in [2.05, 4.69) is 4.72 Å². The van der Waals surface area contributed by atoms with Gasteiger partial charge >= 0.3 is 0 Å². The van der Waals surface area contributed by atoms with Crippen molar-refractivity contribution < 1.29 is 8.42 Å². The molecule has 1 rings (SSSR count). The van der Waals surface area contributed by atoms with Crippen LogP contribution in [0, 0.1) is 6.54 Å². The minimum atomic E-state index is -2.85. The smallest absolute Gasteiger partial charge is 0.211 e. The molecule has 4 heteroatoms. The molecule has 0 aromatic heterocycles. The van der Waals surface area contributed by atoms with Gasteiger partial charge in [0.2, 0.25) is 10.0 Å². The van der Waals surface area contributed by atoms with Crippen LogP contribution in [0.2, 0.25) is 0 Å². The summed E-state index contributed by atoms with van der Waals surface area (Å²) in [5.41, 5.74) is 0. The molecule has 41 valence electrons. The first-order valence-electron chi connectivity index (χ1n) is 2.02. The van der Waals surface area contributed by atoms with E-state index in [1.165, 1.54) is 0 Å². The van der Waals surface area contributed by atoms with E-state index in [1.54, 1.807) is 6.54 Å². The summed E-state index contributed by atoms with van der Waals surface area (Å²) in [6, 6.07) is 0. The lowest BCUT2D eigenvalue weighted by Gasteiger charge is -1.84. The Hall–Kier alpha value is -0.0900. The van der Waals surface area contributed by atoms with Crippen molar-refractivity contribution in [1.82, 2.24) is 4.72 Å². The largest absolute Gasteiger partial charge is 0.212 e. The normalized spacial score (nSPS) is 28.0. The van der Waals surface area contributed by atoms with Crippen LogP contribution in [0.25, 0.3) is 0 Å². The van der Waals surface area contributed by atoms with Crippen molar-refractivity contribution in [2.45, 2.75) is 6.42 Å². The van der Waals surface area contributed by atoms with Gasteiger partial charge in [-0.25, -0.2) is 13.1 Å². The van der Waals surface area contributed by atoms with Crippen LogP contribution in [0.5, 0.6) is 0 Å². The lowest BCUT2D eigenvalue weighted by Crippen LogP contribution is -2.12. The highest BCUT2D eigenvalue weighted by molar-refractivity contribution is 7.89. The van der Waals surface area contributed by atoms with Crippen molar-refractivity contribution in [3.63, 3.8) is 0 Å². The SMILES string of the molecule is O=S1(=O)CC[CH]N1. The van der Waals surface area contributed by atoms with Crippen LogP contribution in [0.3, 0.4) is 0 Å². The minimum absolute atomic E-state index is 0.257. The van der Waals surface area contributed by atoms with Gasteiger partial charge in [0, 0.05) is 6.54 Å². The molecule has 3 nitrogen and oxygen atoms in total. The highest BCUT2D eigenvalue weighted by Crippen LogP contribution is 2.00. The number of hydrogen-bond donors (Lipinski definition) is 1. The summed E-state index contributed by atoms with van der Waals surface area (Å²) in [5.74, 6) is 0.257. The molecule has 0 aliphatic carbocycles. The lowest BCUT2D eigenvalue weighted by atomic mass is 10.5. The van der Waals surface area contributed by atoms with Gasteiger partial charge in [0.1, 0.15) is 0 Å². The van der Waals surface area contributed by atoms with E-state index in [0.29, 0.717) is 6.42 Å². The Morgan fingerprint density at radius 3 is 2.43 bits per heavy atom. The Bertz CT molecular complexity index is 136. The predicted octanol–water partition coefficient (Wildman–Crippen LogP) is -0.529. The Labute approximate surface area is 42.8 Å². The average Bonchev–Trinajstić information content (AvgIpc) is 1.84. The van der Waals surface area contributed by atoms with Crippen molar-refractivity contribution in [3.05, 3.63) is 6.54 Å². The summed E-state index contributed by atoms with van der Waals surface area (Å²) < 4.78 is 22.8. The lowest BCUT2D eigenvalue weighted by molar-refractivity contribution is 0.595. The van der Waals surface area contributed by atoms with Crippen molar-refractivity contribution in [1.29, 1.82) is 0 Å². The Morgan fingerprint density at radius 2 is 2.29 bits per heavy atom. The minimum Gasteiger partial charge on any atom is -0.212 e. The van der Waals surface area contributed by atoms with Crippen molar-refractivity contribution in [2.75, 3.05) is 5.75 Å². The molecule has 1 heterocycles. The second kappa shape index (κ2) is 1.45. The molecule has 0 atom stereocenters. The molecule has 1 N–H and O–H groups in total. The van der Waals surface area contributed by atoms with Crippen LogP contribution in [0.4, 0.5) is 0 Å². The Morgan fingerprint density at radius 1 is 1.57 bits per heavy atom. The van der Waals surface area contributed by atoms with Gasteiger partial charge in [-0.15, -0.1) is 0 Å². The van der Waals surface area contributed by atoms with Gasteiger partial charge in [0.05, 0.1) is 5.75 Å². The zero-order valence-corrected chi connectivity index (χ0v) is 4.53. The molecule has 0 saturated carbocycles. The van der Waals surface area contributed by atoms with Crippen LogP contribution in [-0.4, -0.2) is 14.2 Å². The fraction of sp³-hybridized carbons (Fsp3) is 0.667. The second-order valence-electron chi connectivity index (χ2n) is 1.43. The Kier molecular flexibility index (Phi) is 1.05. The molecule has 0 amide bonds. The molecule has 7 heavy (non-hydrogen) atoms. The van der Waals surface area contributed by atoms with Gasteiger partial charge < -0.3 is 0 Å². The van der Waals surface area contributed by atoms with Crippen LogP contribution < -0.4 is 4.72 Å². The first kappa shape index (κ1) is 5.05. The summed E-state index contributed by atoms with van der Waals surface area (Å²) in [6.45, 7) is 1.55. The maximum absolute atomic E-state index is 10.3. The Balaban J connectivity index is 2.76. The van der Waals surface area contributed by atoms with Gasteiger partial charge in [-0.2, -0.15) is 0 Å². The molecule has 0 aromatic rings. The van der Waals surface area contributed by atoms with E-state index in [0.717, 1.165) is 0 Å². The average molecular weight is 120 g/mol. The van der Waals surface area contributed by atoms with Crippen molar-refractivity contribution >= 4 is 10.0 Å². The second-order valence-corrected chi connectivity index (χ2v) is 3.30. The molecule has 1 aliphatic heterocycles. The zero-order chi connectivity index (χ0) is 5.33. The molecule has 1 fully saturated rings. The van der Waals surface area contributed by atoms with E-state index in [1.807, 2.05) is 0 Å². The fourth-order valence-electron chi connectivity index (χ4n) is 0.459. The number of sulfonamides is 1. The molecule has 1 saturated heterocycles. The summed E-state index contributed by atoms with van der Waals surface area (Å²) in [7, 11) is -2.85. The highest BCUT2D eigenvalue weighted by atomic mass is 32.2. The first-order valence-corrected chi connectivity index (χ1v) is 3.68. The summed E-state index contributed by atoms with van der Waals surface area (Å²) in [4.78, 5) is 0. The number of hydrogen-bond acceptors (Lipinski definition) is 2. The van der Waals surface area contributed by atoms with Gasteiger partial charge in [-0.1, -0.05) is 0 Å². The van der Waals surface area contributed by atoms with Gasteiger partial charge in [-0.3, -0.25) is 0 Å². The monoisotopic (exact) mass is 120 g/mol. The van der Waals surface area contributed by atoms with E-state index in [9.17, 15) is 8.42 Å². The molecule has 0 bridgehead atoms. The maximum Gasteiger partial charge on any atom is 0.211 e. The van der Waals surface area contributed by atoms with E-state index in [4.69, 9.17) is 0 Å². The molecule has 0 spiro atoms. The van der Waals surface area contributed by atoms with E-state index in [-0.39, 0.29) is 5.75 Å². The van der Waals surface area contributed by atoms with Crippen LogP contribution in [0.15, 0.2) is 0 Å². The van der Waals surface area contributed by atoms with Gasteiger partial charge in [0.15, 0.2) is 0 Å². The molecule has 0 aromatic carbocycles. The van der Waals surface area contributed by atoms with Gasteiger partial charge in [-0.05, 0) is 6.42 Å². The standard InChI is InChI=1S/C3H6NO2S/c5-7(6)3-1-2-4-7/h2,4H,1,3H2. The molecular weight excluding hydrogens is 114 g/mol. The maximum atomic E-state index is 10.3. The molecular formula is C3H6NO2S. The zero-order valence-electron chi connectivity index (χ0n) is 3.72. The topological polar surface area (TPSA) is 46.2 Å². The van der Waals surface area contributed by atoms with E-state index >= 15 is 0 Å². The summed E-state index contributed by atoms with van der Waals surface area (Å²) >= 11 is 0. The molecule has 1 radical (unpaired) electrons. The molecule has 0 unspecified atom stereocenters. The van der Waals surface area contributed by atoms with Crippen LogP contribution >= 0.6 is 0 Å². The first-order chi connectivity index (χ1) is 3.21. The third-order valence-corrected chi connectivity index (χ3v) is 2.09. The predicted molar refractivity (Wildman–Crippen MR) is 25.8 cm³/mol. The molecule has 1 aliphatic rings. The number of rotatable bonds is 0. The van der Waals surface area contributed by atoms with Crippen LogP contribution in [0.1, 0.15) is 6.42 Å². The highest BCUT2D eigenvalue weighted by Gasteiger charge is 2.15. The van der Waals surface area contributed by atoms with Crippen LogP contribution in [-0.2, 0) is 10.0 Å². The summed E-state index contributed by atoms with van der Waals surface area (Å²) in [5, 5.41) is 0. The third kappa shape index (κ3) is 1.14. The van der Waals surface area contributed by atoms with Crippen molar-refractivity contribution in [2.24, 2.45) is 0 Å². The fourth-order valence-corrected chi connectivity index (χ4v) is 1.38. The van der Waals surface area contributed by atoms with Gasteiger partial charge in [0.25, 0.3) is 0 Å². The third-order valence-electron chi connectivity index (χ3n) is 0.794. The number of nitrogens with one attached hydrogen (secondary N) is 1. The van der Waals surface area contributed by atoms with Crippen molar-refractivity contribution in [3.8, 4) is 0 Å². The summed E-state index contributed by atoms with van der Waals surface area (Å²) in [6.07, 6.45) is 0.641. The van der Waals surface area contributed by atoms with E-state index < -0.39 is 10.0 Å². The quantitative estimate of drug-likeness (QED) is 0.467.